The summed E-state index contributed by atoms with van der Waals surface area (Å²) in [5.74, 6) is 0.701. The van der Waals surface area contributed by atoms with Gasteiger partial charge in [0.2, 0.25) is 5.91 Å². The van der Waals surface area contributed by atoms with E-state index in [0.717, 1.165) is 12.8 Å². The molecule has 0 fully saturated rings. The SMILES string of the molecule is CCC1(CC)CNc2nc(Cl)ccc2NC1=O. The number of fused-ring (bicyclic) bond motifs is 1. The minimum absolute atomic E-state index is 0.0536. The summed E-state index contributed by atoms with van der Waals surface area (Å²) in [5, 5.41) is 6.55. The molecule has 0 aliphatic carbocycles. The van der Waals surface area contributed by atoms with Crippen molar-refractivity contribution in [3.8, 4) is 0 Å². The van der Waals surface area contributed by atoms with Gasteiger partial charge in [-0.05, 0) is 25.0 Å². The molecule has 0 saturated heterocycles. The van der Waals surface area contributed by atoms with Gasteiger partial charge in [-0.2, -0.15) is 0 Å². The lowest BCUT2D eigenvalue weighted by atomic mass is 9.81. The second kappa shape index (κ2) is 4.53. The fourth-order valence-electron chi connectivity index (χ4n) is 2.08. The number of carbonyl (C=O) groups excluding carboxylic acids is 1. The molecule has 0 radical (unpaired) electrons. The maximum absolute atomic E-state index is 12.2. The number of nitrogens with zero attached hydrogens (tertiary/aromatic N) is 1. The van der Waals surface area contributed by atoms with Gasteiger partial charge in [0.05, 0.1) is 11.1 Å². The lowest BCUT2D eigenvalue weighted by Crippen LogP contribution is -2.39. The van der Waals surface area contributed by atoms with Crippen molar-refractivity contribution in [3.05, 3.63) is 17.3 Å². The van der Waals surface area contributed by atoms with Crippen LogP contribution in [0.15, 0.2) is 12.1 Å². The van der Waals surface area contributed by atoms with Gasteiger partial charge < -0.3 is 10.6 Å². The van der Waals surface area contributed by atoms with E-state index in [0.29, 0.717) is 23.2 Å². The van der Waals surface area contributed by atoms with Crippen LogP contribution in [0.25, 0.3) is 0 Å². The summed E-state index contributed by atoms with van der Waals surface area (Å²) in [4.78, 5) is 16.4. The van der Waals surface area contributed by atoms with E-state index < -0.39 is 0 Å². The van der Waals surface area contributed by atoms with Crippen molar-refractivity contribution < 1.29 is 4.79 Å². The van der Waals surface area contributed by atoms with Crippen molar-refractivity contribution in [2.75, 3.05) is 17.2 Å². The molecular weight excluding hydrogens is 238 g/mol. The van der Waals surface area contributed by atoms with Crippen molar-refractivity contribution in [3.63, 3.8) is 0 Å². The Morgan fingerprint density at radius 3 is 2.76 bits per heavy atom. The van der Waals surface area contributed by atoms with Gasteiger partial charge in [-0.1, -0.05) is 25.4 Å². The van der Waals surface area contributed by atoms with Crippen molar-refractivity contribution >= 4 is 29.0 Å². The maximum Gasteiger partial charge on any atom is 0.232 e. The fraction of sp³-hybridized carbons (Fsp3) is 0.500. The zero-order valence-electron chi connectivity index (χ0n) is 10.0. The minimum atomic E-state index is -0.368. The van der Waals surface area contributed by atoms with Gasteiger partial charge in [0.25, 0.3) is 0 Å². The van der Waals surface area contributed by atoms with E-state index in [1.165, 1.54) is 0 Å². The summed E-state index contributed by atoms with van der Waals surface area (Å²) >= 11 is 5.84. The van der Waals surface area contributed by atoms with Gasteiger partial charge >= 0.3 is 0 Å². The number of nitrogens with one attached hydrogen (secondary N) is 2. The summed E-state index contributed by atoms with van der Waals surface area (Å²) in [6.07, 6.45) is 1.59. The number of amides is 1. The van der Waals surface area contributed by atoms with Gasteiger partial charge in [-0.25, -0.2) is 4.98 Å². The van der Waals surface area contributed by atoms with Crippen molar-refractivity contribution in [2.24, 2.45) is 5.41 Å². The molecule has 0 spiro atoms. The summed E-state index contributed by atoms with van der Waals surface area (Å²) in [5.41, 5.74) is 0.330. The first-order valence-corrected chi connectivity index (χ1v) is 6.21. The first-order chi connectivity index (χ1) is 8.11. The third-order valence-electron chi connectivity index (χ3n) is 3.54. The zero-order chi connectivity index (χ0) is 12.5. The lowest BCUT2D eigenvalue weighted by Gasteiger charge is -2.27. The highest BCUT2D eigenvalue weighted by Gasteiger charge is 2.37. The molecule has 0 atom stereocenters. The first-order valence-electron chi connectivity index (χ1n) is 5.83. The summed E-state index contributed by atoms with van der Waals surface area (Å²) in [6, 6.07) is 3.45. The van der Waals surface area contributed by atoms with Crippen LogP contribution in [0.4, 0.5) is 11.5 Å². The topological polar surface area (TPSA) is 54.0 Å². The van der Waals surface area contributed by atoms with E-state index in [1.807, 2.05) is 13.8 Å². The van der Waals surface area contributed by atoms with Gasteiger partial charge in [0.1, 0.15) is 5.15 Å². The molecule has 0 bridgehead atoms. The summed E-state index contributed by atoms with van der Waals surface area (Å²) in [6.45, 7) is 4.65. The molecule has 1 aromatic rings. The van der Waals surface area contributed by atoms with Crippen LogP contribution in [0.2, 0.25) is 5.15 Å². The van der Waals surface area contributed by atoms with Crippen LogP contribution < -0.4 is 10.6 Å². The fourth-order valence-corrected chi connectivity index (χ4v) is 2.23. The molecule has 2 rings (SSSR count). The highest BCUT2D eigenvalue weighted by Crippen LogP contribution is 2.34. The molecule has 17 heavy (non-hydrogen) atoms. The molecule has 5 heteroatoms. The average molecular weight is 254 g/mol. The van der Waals surface area contributed by atoms with Gasteiger partial charge in [0, 0.05) is 6.54 Å². The van der Waals surface area contributed by atoms with Crippen LogP contribution in [0.5, 0.6) is 0 Å². The minimum Gasteiger partial charge on any atom is -0.367 e. The largest absolute Gasteiger partial charge is 0.367 e. The molecule has 4 nitrogen and oxygen atoms in total. The normalized spacial score (nSPS) is 17.7. The molecule has 1 aliphatic heterocycles. The Morgan fingerprint density at radius 1 is 1.41 bits per heavy atom. The van der Waals surface area contributed by atoms with E-state index in [1.54, 1.807) is 12.1 Å². The van der Waals surface area contributed by atoms with Crippen LogP contribution in [0.3, 0.4) is 0 Å². The number of hydrogen-bond acceptors (Lipinski definition) is 3. The van der Waals surface area contributed by atoms with Crippen LogP contribution in [-0.2, 0) is 4.79 Å². The van der Waals surface area contributed by atoms with E-state index in [9.17, 15) is 4.79 Å². The van der Waals surface area contributed by atoms with Crippen LogP contribution in [0, 0.1) is 5.41 Å². The molecule has 92 valence electrons. The number of anilines is 2. The Kier molecular flexibility index (Phi) is 3.24. The Balaban J connectivity index is 2.37. The number of halogens is 1. The van der Waals surface area contributed by atoms with Crippen LogP contribution in [0.1, 0.15) is 26.7 Å². The Hall–Kier alpha value is -1.29. The smallest absolute Gasteiger partial charge is 0.232 e. The zero-order valence-corrected chi connectivity index (χ0v) is 10.8. The number of carbonyl (C=O) groups is 1. The molecular formula is C12H16ClN3O. The van der Waals surface area contributed by atoms with Gasteiger partial charge in [0.15, 0.2) is 5.82 Å². The van der Waals surface area contributed by atoms with Crippen molar-refractivity contribution in [1.82, 2.24) is 4.98 Å². The second-order valence-electron chi connectivity index (χ2n) is 4.33. The lowest BCUT2D eigenvalue weighted by molar-refractivity contribution is -0.125. The molecule has 1 aliphatic rings. The quantitative estimate of drug-likeness (QED) is 0.797. The molecule has 0 unspecified atom stereocenters. The third-order valence-corrected chi connectivity index (χ3v) is 3.75. The van der Waals surface area contributed by atoms with E-state index in [-0.39, 0.29) is 11.3 Å². The monoisotopic (exact) mass is 253 g/mol. The average Bonchev–Trinajstić information content (AvgIpc) is 2.46. The molecule has 0 aromatic carbocycles. The van der Waals surface area contributed by atoms with Gasteiger partial charge in [-0.15, -0.1) is 0 Å². The van der Waals surface area contributed by atoms with Crippen molar-refractivity contribution in [1.29, 1.82) is 0 Å². The molecule has 2 heterocycles. The first kappa shape index (κ1) is 12.2. The molecule has 0 saturated carbocycles. The molecule has 2 N–H and O–H groups in total. The van der Waals surface area contributed by atoms with Crippen LogP contribution in [-0.4, -0.2) is 17.4 Å². The Morgan fingerprint density at radius 2 is 2.12 bits per heavy atom. The number of hydrogen-bond donors (Lipinski definition) is 2. The number of rotatable bonds is 2. The van der Waals surface area contributed by atoms with Crippen LogP contribution >= 0.6 is 11.6 Å². The highest BCUT2D eigenvalue weighted by atomic mass is 35.5. The third kappa shape index (κ3) is 2.09. The number of pyridine rings is 1. The highest BCUT2D eigenvalue weighted by molar-refractivity contribution is 6.29. The molecule has 1 aromatic heterocycles. The second-order valence-corrected chi connectivity index (χ2v) is 4.71. The summed E-state index contributed by atoms with van der Waals surface area (Å²) in [7, 11) is 0. The Labute approximate surface area is 106 Å². The van der Waals surface area contributed by atoms with E-state index in [2.05, 4.69) is 15.6 Å². The predicted molar refractivity (Wildman–Crippen MR) is 69.4 cm³/mol. The van der Waals surface area contributed by atoms with E-state index in [4.69, 9.17) is 11.6 Å². The van der Waals surface area contributed by atoms with Crippen molar-refractivity contribution in [2.45, 2.75) is 26.7 Å². The van der Waals surface area contributed by atoms with Gasteiger partial charge in [-0.3, -0.25) is 4.79 Å². The number of aromatic nitrogens is 1. The predicted octanol–water partition coefficient (Wildman–Crippen LogP) is 2.91. The maximum atomic E-state index is 12.2. The Bertz CT molecular complexity index is 443. The molecule has 1 amide bonds. The van der Waals surface area contributed by atoms with E-state index >= 15 is 0 Å². The summed E-state index contributed by atoms with van der Waals surface area (Å²) < 4.78 is 0. The standard InChI is InChI=1S/C12H16ClN3O/c1-3-12(4-2)7-14-10-8(15-11(12)17)5-6-9(13)16-10/h5-6H,3-4,7H2,1-2H3,(H,14,16)(H,15,17).